The van der Waals surface area contributed by atoms with Crippen molar-refractivity contribution in [1.82, 2.24) is 0 Å². The van der Waals surface area contributed by atoms with Gasteiger partial charge in [0.1, 0.15) is 5.82 Å². The molecule has 0 spiro atoms. The number of non-ortho nitro benzene ring substituents is 1. The molecular weight excluding hydrogens is 287 g/mol. The highest BCUT2D eigenvalue weighted by Crippen LogP contribution is 2.34. The van der Waals surface area contributed by atoms with E-state index < -0.39 is 33.7 Å². The molecule has 2 aromatic carbocycles. The summed E-state index contributed by atoms with van der Waals surface area (Å²) in [6.45, 7) is 0. The van der Waals surface area contributed by atoms with Crippen LogP contribution in [0, 0.1) is 15.9 Å². The zero-order valence-corrected chi connectivity index (χ0v) is 10.4. The Kier molecular flexibility index (Phi) is 3.75. The van der Waals surface area contributed by atoms with Crippen LogP contribution < -0.4 is 0 Å². The van der Waals surface area contributed by atoms with Crippen LogP contribution in [-0.2, 0) is 5.92 Å². The second kappa shape index (κ2) is 5.35. The molecule has 0 aliphatic carbocycles. The van der Waals surface area contributed by atoms with Gasteiger partial charge in [-0.3, -0.25) is 14.9 Å². The van der Waals surface area contributed by atoms with Crippen LogP contribution in [-0.4, -0.2) is 10.7 Å². The van der Waals surface area contributed by atoms with Gasteiger partial charge in [-0.1, -0.05) is 30.3 Å². The van der Waals surface area contributed by atoms with Gasteiger partial charge in [0.15, 0.2) is 0 Å². The minimum atomic E-state index is -4.11. The van der Waals surface area contributed by atoms with Crippen LogP contribution in [0.25, 0.3) is 0 Å². The number of hydrogen-bond donors (Lipinski definition) is 0. The molecule has 7 heteroatoms. The number of hydrogen-bond acceptors (Lipinski definition) is 3. The number of benzene rings is 2. The maximum Gasteiger partial charge on any atom is 0.337 e. The molecule has 0 aliphatic rings. The van der Waals surface area contributed by atoms with E-state index in [1.807, 2.05) is 0 Å². The SMILES string of the molecule is O=C(c1ccccc1)C(F)(F)c1ccc([N+](=O)[O-])cc1F. The van der Waals surface area contributed by atoms with Gasteiger partial charge >= 0.3 is 5.92 Å². The van der Waals surface area contributed by atoms with Crippen molar-refractivity contribution in [3.63, 3.8) is 0 Å². The van der Waals surface area contributed by atoms with E-state index in [2.05, 4.69) is 0 Å². The molecular formula is C14H8F3NO3. The molecule has 21 heavy (non-hydrogen) atoms. The summed E-state index contributed by atoms with van der Waals surface area (Å²) in [6.07, 6.45) is 0. The van der Waals surface area contributed by atoms with Gasteiger partial charge in [0, 0.05) is 11.6 Å². The van der Waals surface area contributed by atoms with E-state index in [4.69, 9.17) is 0 Å². The molecule has 0 heterocycles. The van der Waals surface area contributed by atoms with Crippen LogP contribution in [0.1, 0.15) is 15.9 Å². The fourth-order valence-electron chi connectivity index (χ4n) is 1.77. The molecule has 4 nitrogen and oxygen atoms in total. The highest BCUT2D eigenvalue weighted by Gasteiger charge is 2.43. The van der Waals surface area contributed by atoms with Gasteiger partial charge in [0.2, 0.25) is 5.78 Å². The number of Topliss-reactive ketones (excluding diaryl/α,β-unsaturated/α-hetero) is 1. The average molecular weight is 295 g/mol. The molecule has 0 aliphatic heterocycles. The van der Waals surface area contributed by atoms with E-state index in [-0.39, 0.29) is 5.56 Å². The monoisotopic (exact) mass is 295 g/mol. The predicted octanol–water partition coefficient (Wildman–Crippen LogP) is 3.71. The summed E-state index contributed by atoms with van der Waals surface area (Å²) in [5, 5.41) is 10.5. The Morgan fingerprint density at radius 1 is 1.10 bits per heavy atom. The largest absolute Gasteiger partial charge is 0.337 e. The molecule has 0 bridgehead atoms. The summed E-state index contributed by atoms with van der Waals surface area (Å²) in [4.78, 5) is 21.3. The third-order valence-corrected chi connectivity index (χ3v) is 2.82. The third-order valence-electron chi connectivity index (χ3n) is 2.82. The molecule has 0 saturated heterocycles. The van der Waals surface area contributed by atoms with Crippen molar-refractivity contribution in [3.05, 3.63) is 75.6 Å². The Balaban J connectivity index is 2.44. The van der Waals surface area contributed by atoms with Crippen LogP contribution >= 0.6 is 0 Å². The van der Waals surface area contributed by atoms with Crippen molar-refractivity contribution in [1.29, 1.82) is 0 Å². The number of halogens is 3. The smallest absolute Gasteiger partial charge is 0.287 e. The number of alkyl halides is 2. The van der Waals surface area contributed by atoms with Gasteiger partial charge in [-0.15, -0.1) is 0 Å². The summed E-state index contributed by atoms with van der Waals surface area (Å²) >= 11 is 0. The zero-order valence-electron chi connectivity index (χ0n) is 10.4. The fourth-order valence-corrected chi connectivity index (χ4v) is 1.77. The van der Waals surface area contributed by atoms with Crippen LogP contribution in [0.2, 0.25) is 0 Å². The number of nitrogens with zero attached hydrogens (tertiary/aromatic N) is 1. The number of ketones is 1. The van der Waals surface area contributed by atoms with Crippen molar-refractivity contribution < 1.29 is 22.9 Å². The van der Waals surface area contributed by atoms with E-state index in [1.165, 1.54) is 24.3 Å². The van der Waals surface area contributed by atoms with Crippen LogP contribution in [0.3, 0.4) is 0 Å². The minimum absolute atomic E-state index is 0.278. The maximum absolute atomic E-state index is 14.1. The zero-order chi connectivity index (χ0) is 15.6. The van der Waals surface area contributed by atoms with Gasteiger partial charge < -0.3 is 0 Å². The lowest BCUT2D eigenvalue weighted by Gasteiger charge is -2.16. The van der Waals surface area contributed by atoms with Crippen molar-refractivity contribution in [2.24, 2.45) is 0 Å². The Morgan fingerprint density at radius 3 is 2.24 bits per heavy atom. The molecule has 0 radical (unpaired) electrons. The lowest BCUT2D eigenvalue weighted by atomic mass is 9.98. The Hall–Kier alpha value is -2.70. The van der Waals surface area contributed by atoms with Gasteiger partial charge in [-0.2, -0.15) is 8.78 Å². The number of carbonyl (C=O) groups is 1. The Bertz CT molecular complexity index is 702. The molecule has 0 saturated carbocycles. The van der Waals surface area contributed by atoms with Crippen LogP contribution in [0.4, 0.5) is 18.9 Å². The van der Waals surface area contributed by atoms with Crippen LogP contribution in [0.15, 0.2) is 48.5 Å². The lowest BCUT2D eigenvalue weighted by molar-refractivity contribution is -0.385. The highest BCUT2D eigenvalue weighted by molar-refractivity contribution is 6.01. The van der Waals surface area contributed by atoms with E-state index in [9.17, 15) is 28.1 Å². The van der Waals surface area contributed by atoms with Gasteiger partial charge in [0.25, 0.3) is 5.69 Å². The van der Waals surface area contributed by atoms with Crippen LogP contribution in [0.5, 0.6) is 0 Å². The number of rotatable bonds is 4. The highest BCUT2D eigenvalue weighted by atomic mass is 19.3. The number of carbonyl (C=O) groups excluding carboxylic acids is 1. The fraction of sp³-hybridized carbons (Fsp3) is 0.0714. The number of nitro benzene ring substituents is 1. The molecule has 108 valence electrons. The van der Waals surface area contributed by atoms with Crippen molar-refractivity contribution in [2.75, 3.05) is 0 Å². The van der Waals surface area contributed by atoms with Crippen molar-refractivity contribution >= 4 is 11.5 Å². The first-order valence-electron chi connectivity index (χ1n) is 5.76. The van der Waals surface area contributed by atoms with Crippen molar-refractivity contribution in [2.45, 2.75) is 5.92 Å². The predicted molar refractivity (Wildman–Crippen MR) is 67.7 cm³/mol. The summed E-state index contributed by atoms with van der Waals surface area (Å²) in [5.41, 5.74) is -2.14. The molecule has 0 unspecified atom stereocenters. The van der Waals surface area contributed by atoms with Crippen molar-refractivity contribution in [3.8, 4) is 0 Å². The van der Waals surface area contributed by atoms with E-state index in [0.29, 0.717) is 12.1 Å². The lowest BCUT2D eigenvalue weighted by Crippen LogP contribution is -2.27. The third kappa shape index (κ3) is 2.76. The van der Waals surface area contributed by atoms with Gasteiger partial charge in [-0.25, -0.2) is 4.39 Å². The van der Waals surface area contributed by atoms with E-state index >= 15 is 0 Å². The summed E-state index contributed by atoms with van der Waals surface area (Å²) < 4.78 is 41.8. The van der Waals surface area contributed by atoms with E-state index in [0.717, 1.165) is 6.07 Å². The second-order valence-electron chi connectivity index (χ2n) is 4.19. The van der Waals surface area contributed by atoms with Gasteiger partial charge in [-0.05, 0) is 6.07 Å². The summed E-state index contributed by atoms with van der Waals surface area (Å²) in [6, 6.07) is 8.34. The normalized spacial score (nSPS) is 11.2. The average Bonchev–Trinajstić information content (AvgIpc) is 2.46. The number of nitro groups is 1. The Morgan fingerprint density at radius 2 is 1.71 bits per heavy atom. The molecule has 0 amide bonds. The molecule has 0 atom stereocenters. The first-order chi connectivity index (χ1) is 9.84. The molecule has 0 N–H and O–H groups in total. The van der Waals surface area contributed by atoms with Gasteiger partial charge in [0.05, 0.1) is 16.6 Å². The maximum atomic E-state index is 14.1. The quantitative estimate of drug-likeness (QED) is 0.491. The molecule has 2 aromatic rings. The molecule has 2 rings (SSSR count). The first-order valence-corrected chi connectivity index (χ1v) is 5.76. The topological polar surface area (TPSA) is 60.2 Å². The second-order valence-corrected chi connectivity index (χ2v) is 4.19. The van der Waals surface area contributed by atoms with E-state index in [1.54, 1.807) is 6.07 Å². The Labute approximate surface area is 117 Å². The summed E-state index contributed by atoms with van der Waals surface area (Å²) in [5.74, 6) is -7.19. The summed E-state index contributed by atoms with van der Waals surface area (Å²) in [7, 11) is 0. The minimum Gasteiger partial charge on any atom is -0.287 e. The first kappa shape index (κ1) is 14.7. The molecule has 0 fully saturated rings. The standard InChI is InChI=1S/C14H8F3NO3/c15-12-8-10(18(20)21)6-7-11(12)14(16,17)13(19)9-4-2-1-3-5-9/h1-8H. The molecule has 0 aromatic heterocycles.